The van der Waals surface area contributed by atoms with Crippen LogP contribution in [0.2, 0.25) is 0 Å². The zero-order valence-corrected chi connectivity index (χ0v) is 10.4. The number of aromatic nitrogens is 1. The molecule has 0 aliphatic carbocycles. The summed E-state index contributed by atoms with van der Waals surface area (Å²) in [6, 6.07) is 9.60. The maximum atomic E-state index is 11.9. The molecular weight excluding hydrogens is 226 g/mol. The van der Waals surface area contributed by atoms with Gasteiger partial charge in [0.1, 0.15) is 0 Å². The average Bonchev–Trinajstić information content (AvgIpc) is 2.83. The molecule has 0 unspecified atom stereocenters. The van der Waals surface area contributed by atoms with Gasteiger partial charge < -0.3 is 10.3 Å². The summed E-state index contributed by atoms with van der Waals surface area (Å²) in [5, 5.41) is 12.7. The molecule has 1 amide bonds. The Morgan fingerprint density at radius 1 is 1.44 bits per heavy atom. The van der Waals surface area contributed by atoms with Crippen LogP contribution in [0.5, 0.6) is 0 Å². The summed E-state index contributed by atoms with van der Waals surface area (Å²) in [7, 11) is 0. The molecule has 92 valence electrons. The van der Waals surface area contributed by atoms with Crippen LogP contribution in [0.15, 0.2) is 30.5 Å². The summed E-state index contributed by atoms with van der Waals surface area (Å²) in [5.41, 5.74) is 0.979. The Hall–Kier alpha value is -2.28. The number of aromatic amines is 1. The molecule has 18 heavy (non-hydrogen) atoms. The predicted molar refractivity (Wildman–Crippen MR) is 70.0 cm³/mol. The number of nitrogens with zero attached hydrogens (tertiary/aromatic N) is 1. The maximum absolute atomic E-state index is 11.9. The second-order valence-corrected chi connectivity index (χ2v) is 4.96. The molecule has 0 saturated carbocycles. The number of benzene rings is 1. The van der Waals surface area contributed by atoms with Gasteiger partial charge in [0.15, 0.2) is 0 Å². The van der Waals surface area contributed by atoms with E-state index in [1.54, 1.807) is 19.9 Å². The van der Waals surface area contributed by atoms with Crippen LogP contribution in [0.4, 0.5) is 0 Å². The van der Waals surface area contributed by atoms with Gasteiger partial charge in [0.25, 0.3) is 5.91 Å². The summed E-state index contributed by atoms with van der Waals surface area (Å²) in [6.45, 7) is 3.92. The minimum absolute atomic E-state index is 0.158. The van der Waals surface area contributed by atoms with E-state index in [1.165, 1.54) is 0 Å². The molecule has 0 spiro atoms. The summed E-state index contributed by atoms with van der Waals surface area (Å²) < 4.78 is 0. The molecule has 0 aliphatic heterocycles. The quantitative estimate of drug-likeness (QED) is 0.866. The van der Waals surface area contributed by atoms with Crippen molar-refractivity contribution < 1.29 is 4.79 Å². The van der Waals surface area contributed by atoms with Gasteiger partial charge in [-0.2, -0.15) is 5.26 Å². The first-order valence-electron chi connectivity index (χ1n) is 5.78. The fraction of sp³-hybridized carbons (Fsp3) is 0.286. The van der Waals surface area contributed by atoms with E-state index < -0.39 is 5.41 Å². The lowest BCUT2D eigenvalue weighted by Gasteiger charge is -2.15. The first kappa shape index (κ1) is 12.2. The summed E-state index contributed by atoms with van der Waals surface area (Å²) in [5.74, 6) is -0.158. The van der Waals surface area contributed by atoms with Crippen molar-refractivity contribution in [2.45, 2.75) is 13.8 Å². The Morgan fingerprint density at radius 3 is 2.94 bits per heavy atom. The standard InChI is InChI=1S/C14H15N3O/c1-14(2,8-15)9-17-13(18)11-4-3-10-5-6-16-12(10)7-11/h3-7,16H,9H2,1-2H3,(H,17,18). The fourth-order valence-corrected chi connectivity index (χ4v) is 1.63. The third-order valence-corrected chi connectivity index (χ3v) is 2.81. The minimum atomic E-state index is -0.549. The molecular formula is C14H15N3O. The van der Waals surface area contributed by atoms with Gasteiger partial charge in [-0.3, -0.25) is 4.79 Å². The predicted octanol–water partition coefficient (Wildman–Crippen LogP) is 2.45. The van der Waals surface area contributed by atoms with Crippen LogP contribution in [-0.4, -0.2) is 17.4 Å². The highest BCUT2D eigenvalue weighted by Crippen LogP contribution is 2.15. The summed E-state index contributed by atoms with van der Waals surface area (Å²) >= 11 is 0. The Bertz CT molecular complexity index is 619. The third kappa shape index (κ3) is 2.51. The van der Waals surface area contributed by atoms with Crippen molar-refractivity contribution in [2.75, 3.05) is 6.54 Å². The van der Waals surface area contributed by atoms with Crippen LogP contribution in [0, 0.1) is 16.7 Å². The van der Waals surface area contributed by atoms with Gasteiger partial charge in [-0.1, -0.05) is 6.07 Å². The van der Waals surface area contributed by atoms with Crippen molar-refractivity contribution in [3.05, 3.63) is 36.0 Å². The van der Waals surface area contributed by atoms with Gasteiger partial charge in [0.05, 0.1) is 11.5 Å². The molecule has 4 nitrogen and oxygen atoms in total. The first-order valence-corrected chi connectivity index (χ1v) is 5.78. The summed E-state index contributed by atoms with van der Waals surface area (Å²) in [4.78, 5) is 15.0. The first-order chi connectivity index (χ1) is 8.52. The number of rotatable bonds is 3. The van der Waals surface area contributed by atoms with Gasteiger partial charge in [-0.15, -0.1) is 0 Å². The molecule has 2 rings (SSSR count). The lowest BCUT2D eigenvalue weighted by molar-refractivity contribution is 0.0944. The molecule has 0 radical (unpaired) electrons. The molecule has 1 aromatic carbocycles. The molecule has 0 bridgehead atoms. The third-order valence-electron chi connectivity index (χ3n) is 2.81. The number of fused-ring (bicyclic) bond motifs is 1. The molecule has 1 heterocycles. The van der Waals surface area contributed by atoms with Gasteiger partial charge >= 0.3 is 0 Å². The highest BCUT2D eigenvalue weighted by molar-refractivity contribution is 5.97. The van der Waals surface area contributed by atoms with E-state index in [0.29, 0.717) is 12.1 Å². The van der Waals surface area contributed by atoms with E-state index in [1.807, 2.05) is 24.4 Å². The second kappa shape index (κ2) is 4.53. The Morgan fingerprint density at radius 2 is 2.22 bits per heavy atom. The minimum Gasteiger partial charge on any atom is -0.361 e. The lowest BCUT2D eigenvalue weighted by Crippen LogP contribution is -2.33. The van der Waals surface area contributed by atoms with Crippen molar-refractivity contribution in [2.24, 2.45) is 5.41 Å². The highest BCUT2D eigenvalue weighted by Gasteiger charge is 2.18. The largest absolute Gasteiger partial charge is 0.361 e. The molecule has 0 aliphatic rings. The normalized spacial score (nSPS) is 11.2. The number of H-pyrrole nitrogens is 1. The van der Waals surface area contributed by atoms with E-state index in [4.69, 9.17) is 5.26 Å². The van der Waals surface area contributed by atoms with Crippen molar-refractivity contribution in [1.29, 1.82) is 5.26 Å². The number of nitrogens with one attached hydrogen (secondary N) is 2. The van der Waals surface area contributed by atoms with E-state index in [-0.39, 0.29) is 5.91 Å². The molecule has 0 saturated heterocycles. The molecule has 0 fully saturated rings. The maximum Gasteiger partial charge on any atom is 0.251 e. The molecule has 4 heteroatoms. The van der Waals surface area contributed by atoms with E-state index in [9.17, 15) is 4.79 Å². The van der Waals surface area contributed by atoms with Crippen LogP contribution in [0.25, 0.3) is 10.9 Å². The fourth-order valence-electron chi connectivity index (χ4n) is 1.63. The molecule has 0 atom stereocenters. The number of hydrogen-bond donors (Lipinski definition) is 2. The smallest absolute Gasteiger partial charge is 0.251 e. The molecule has 2 N–H and O–H groups in total. The Labute approximate surface area is 106 Å². The van der Waals surface area contributed by atoms with E-state index >= 15 is 0 Å². The number of hydrogen-bond acceptors (Lipinski definition) is 2. The number of amides is 1. The van der Waals surface area contributed by atoms with Crippen LogP contribution >= 0.6 is 0 Å². The van der Waals surface area contributed by atoms with Gasteiger partial charge in [0, 0.05) is 23.8 Å². The van der Waals surface area contributed by atoms with E-state index in [2.05, 4.69) is 16.4 Å². The van der Waals surface area contributed by atoms with E-state index in [0.717, 1.165) is 10.9 Å². The second-order valence-electron chi connectivity index (χ2n) is 4.96. The van der Waals surface area contributed by atoms with Crippen molar-refractivity contribution >= 4 is 16.8 Å². The highest BCUT2D eigenvalue weighted by atomic mass is 16.1. The van der Waals surface area contributed by atoms with Gasteiger partial charge in [0.2, 0.25) is 0 Å². The van der Waals surface area contributed by atoms with Gasteiger partial charge in [-0.05, 0) is 37.4 Å². The Balaban J connectivity index is 2.11. The lowest BCUT2D eigenvalue weighted by atomic mass is 9.96. The SMILES string of the molecule is CC(C)(C#N)CNC(=O)c1ccc2cc[nH]c2c1. The average molecular weight is 241 g/mol. The van der Waals surface area contributed by atoms with Gasteiger partial charge in [-0.25, -0.2) is 0 Å². The van der Waals surface area contributed by atoms with Crippen molar-refractivity contribution in [3.8, 4) is 6.07 Å². The van der Waals surface area contributed by atoms with Crippen LogP contribution in [-0.2, 0) is 0 Å². The zero-order chi connectivity index (χ0) is 13.2. The number of carbonyl (C=O) groups is 1. The Kier molecular flexibility index (Phi) is 3.07. The topological polar surface area (TPSA) is 68.7 Å². The molecule has 2 aromatic rings. The zero-order valence-electron chi connectivity index (χ0n) is 10.4. The van der Waals surface area contributed by atoms with Crippen molar-refractivity contribution in [1.82, 2.24) is 10.3 Å². The van der Waals surface area contributed by atoms with Crippen LogP contribution in [0.3, 0.4) is 0 Å². The molecule has 1 aromatic heterocycles. The van der Waals surface area contributed by atoms with Crippen LogP contribution < -0.4 is 5.32 Å². The summed E-state index contributed by atoms with van der Waals surface area (Å²) in [6.07, 6.45) is 1.84. The van der Waals surface area contributed by atoms with Crippen LogP contribution in [0.1, 0.15) is 24.2 Å². The van der Waals surface area contributed by atoms with Crippen molar-refractivity contribution in [3.63, 3.8) is 0 Å². The number of carbonyl (C=O) groups excluding carboxylic acids is 1. The number of nitriles is 1. The monoisotopic (exact) mass is 241 g/mol.